The Labute approximate surface area is 155 Å². The fraction of sp³-hybridized carbons (Fsp3) is 0.211. The minimum atomic E-state index is -0.966. The van der Waals surface area contributed by atoms with Gasteiger partial charge in [0.15, 0.2) is 0 Å². The minimum Gasteiger partial charge on any atom is -0.351 e. The average molecular weight is 375 g/mol. The van der Waals surface area contributed by atoms with Gasteiger partial charge in [-0.15, -0.1) is 0 Å². The SMILES string of the molecule is CCC(=O)Nc1ccc(NC(=O)CCNC(=O)c2ccc(F)cc2F)cc1. The molecule has 3 N–H and O–H groups in total. The summed E-state index contributed by atoms with van der Waals surface area (Å²) >= 11 is 0. The van der Waals surface area contributed by atoms with E-state index in [4.69, 9.17) is 0 Å². The van der Waals surface area contributed by atoms with Crippen molar-refractivity contribution in [3.63, 3.8) is 0 Å². The van der Waals surface area contributed by atoms with Gasteiger partial charge in [-0.2, -0.15) is 0 Å². The Balaban J connectivity index is 1.79. The van der Waals surface area contributed by atoms with Crippen molar-refractivity contribution < 1.29 is 23.2 Å². The molecule has 0 radical (unpaired) electrons. The number of nitrogens with one attached hydrogen (secondary N) is 3. The maximum absolute atomic E-state index is 13.5. The molecule has 142 valence electrons. The number of anilines is 2. The molecule has 0 aliphatic carbocycles. The Kier molecular flexibility index (Phi) is 6.99. The maximum atomic E-state index is 13.5. The fourth-order valence-electron chi connectivity index (χ4n) is 2.17. The van der Waals surface area contributed by atoms with Crippen molar-refractivity contribution in [1.29, 1.82) is 0 Å². The second-order valence-electron chi connectivity index (χ2n) is 5.66. The van der Waals surface area contributed by atoms with Crippen molar-refractivity contribution in [2.24, 2.45) is 0 Å². The first-order valence-corrected chi connectivity index (χ1v) is 8.32. The lowest BCUT2D eigenvalue weighted by molar-refractivity contribution is -0.116. The molecule has 27 heavy (non-hydrogen) atoms. The first-order chi connectivity index (χ1) is 12.9. The molecule has 0 aromatic heterocycles. The van der Waals surface area contributed by atoms with Crippen molar-refractivity contribution >= 4 is 29.1 Å². The molecule has 8 heteroatoms. The van der Waals surface area contributed by atoms with Crippen molar-refractivity contribution in [3.8, 4) is 0 Å². The molecule has 0 atom stereocenters. The third kappa shape index (κ3) is 6.18. The number of rotatable bonds is 7. The highest BCUT2D eigenvalue weighted by molar-refractivity contribution is 5.95. The van der Waals surface area contributed by atoms with Crippen LogP contribution in [0, 0.1) is 11.6 Å². The summed E-state index contributed by atoms with van der Waals surface area (Å²) < 4.78 is 26.3. The Morgan fingerprint density at radius 3 is 2.04 bits per heavy atom. The van der Waals surface area contributed by atoms with Crippen LogP contribution in [0.25, 0.3) is 0 Å². The number of benzene rings is 2. The highest BCUT2D eigenvalue weighted by atomic mass is 19.1. The summed E-state index contributed by atoms with van der Waals surface area (Å²) in [5.74, 6) is -2.92. The van der Waals surface area contributed by atoms with Gasteiger partial charge in [-0.3, -0.25) is 14.4 Å². The molecule has 0 aliphatic heterocycles. The molecule has 2 rings (SSSR count). The van der Waals surface area contributed by atoms with Crippen LogP contribution in [0.5, 0.6) is 0 Å². The van der Waals surface area contributed by atoms with E-state index < -0.39 is 17.5 Å². The minimum absolute atomic E-state index is 0.00781. The predicted molar refractivity (Wildman–Crippen MR) is 97.3 cm³/mol. The predicted octanol–water partition coefficient (Wildman–Crippen LogP) is 3.07. The number of carbonyl (C=O) groups excluding carboxylic acids is 3. The lowest BCUT2D eigenvalue weighted by Gasteiger charge is -2.08. The summed E-state index contributed by atoms with van der Waals surface area (Å²) in [6.45, 7) is 1.74. The standard InChI is InChI=1S/C19H19F2N3O3/c1-2-17(25)23-13-4-6-14(7-5-13)24-18(26)9-10-22-19(27)15-8-3-12(20)11-16(15)21/h3-8,11H,2,9-10H2,1H3,(H,22,27)(H,23,25)(H,24,26). The molecule has 0 saturated carbocycles. The summed E-state index contributed by atoms with van der Waals surface area (Å²) in [6.07, 6.45) is 0.342. The monoisotopic (exact) mass is 375 g/mol. The van der Waals surface area contributed by atoms with Crippen LogP contribution in [0.1, 0.15) is 30.1 Å². The van der Waals surface area contributed by atoms with Crippen LogP contribution in [0.4, 0.5) is 20.2 Å². The number of halogens is 2. The van der Waals surface area contributed by atoms with E-state index in [2.05, 4.69) is 16.0 Å². The molecule has 2 aromatic rings. The van der Waals surface area contributed by atoms with Crippen LogP contribution in [-0.2, 0) is 9.59 Å². The first kappa shape index (κ1) is 20.0. The fourth-order valence-corrected chi connectivity index (χ4v) is 2.17. The van der Waals surface area contributed by atoms with Crippen LogP contribution < -0.4 is 16.0 Å². The van der Waals surface area contributed by atoms with Crippen LogP contribution >= 0.6 is 0 Å². The van der Waals surface area contributed by atoms with Gasteiger partial charge in [0.05, 0.1) is 5.56 Å². The zero-order valence-corrected chi connectivity index (χ0v) is 14.6. The van der Waals surface area contributed by atoms with E-state index in [1.165, 1.54) is 0 Å². The average Bonchev–Trinajstić information content (AvgIpc) is 2.63. The molecule has 3 amide bonds. The molecule has 0 saturated heterocycles. The molecule has 2 aromatic carbocycles. The second kappa shape index (κ2) is 9.42. The van der Waals surface area contributed by atoms with Gasteiger partial charge in [-0.05, 0) is 36.4 Å². The quantitative estimate of drug-likeness (QED) is 0.695. The van der Waals surface area contributed by atoms with Gasteiger partial charge >= 0.3 is 0 Å². The molecule has 6 nitrogen and oxygen atoms in total. The Hall–Kier alpha value is -3.29. The molecule has 0 bridgehead atoms. The van der Waals surface area contributed by atoms with Crippen LogP contribution in [-0.4, -0.2) is 24.3 Å². The van der Waals surface area contributed by atoms with E-state index in [0.29, 0.717) is 23.9 Å². The van der Waals surface area contributed by atoms with Crippen LogP contribution in [0.3, 0.4) is 0 Å². The summed E-state index contributed by atoms with van der Waals surface area (Å²) in [5.41, 5.74) is 0.861. The van der Waals surface area contributed by atoms with Gasteiger partial charge in [0.25, 0.3) is 5.91 Å². The van der Waals surface area contributed by atoms with Crippen molar-refractivity contribution in [2.75, 3.05) is 17.2 Å². The number of hydrogen-bond acceptors (Lipinski definition) is 3. The van der Waals surface area contributed by atoms with Gasteiger partial charge in [-0.25, -0.2) is 8.78 Å². The van der Waals surface area contributed by atoms with Gasteiger partial charge in [0.2, 0.25) is 11.8 Å². The molecular weight excluding hydrogens is 356 g/mol. The lowest BCUT2D eigenvalue weighted by Crippen LogP contribution is -2.28. The first-order valence-electron chi connectivity index (χ1n) is 8.32. The number of carbonyl (C=O) groups is 3. The van der Waals surface area contributed by atoms with Gasteiger partial charge in [-0.1, -0.05) is 6.92 Å². The van der Waals surface area contributed by atoms with E-state index in [0.717, 1.165) is 12.1 Å². The van der Waals surface area contributed by atoms with Crippen LogP contribution in [0.15, 0.2) is 42.5 Å². The summed E-state index contributed by atoms with van der Waals surface area (Å²) in [6, 6.07) is 9.22. The van der Waals surface area contributed by atoms with Crippen molar-refractivity contribution in [2.45, 2.75) is 19.8 Å². The van der Waals surface area contributed by atoms with Crippen LogP contribution in [0.2, 0.25) is 0 Å². The zero-order valence-electron chi connectivity index (χ0n) is 14.6. The number of amides is 3. The van der Waals surface area contributed by atoms with E-state index in [1.54, 1.807) is 31.2 Å². The molecule has 0 unspecified atom stereocenters. The molecule has 0 aliphatic rings. The summed E-state index contributed by atoms with van der Waals surface area (Å²) in [4.78, 5) is 35.0. The summed E-state index contributed by atoms with van der Waals surface area (Å²) in [5, 5.41) is 7.73. The molecule has 0 spiro atoms. The zero-order chi connectivity index (χ0) is 19.8. The third-order valence-corrected chi connectivity index (χ3v) is 3.59. The topological polar surface area (TPSA) is 87.3 Å². The number of hydrogen-bond donors (Lipinski definition) is 3. The van der Waals surface area contributed by atoms with Gasteiger partial charge in [0.1, 0.15) is 11.6 Å². The second-order valence-corrected chi connectivity index (χ2v) is 5.66. The highest BCUT2D eigenvalue weighted by Gasteiger charge is 2.12. The van der Waals surface area contributed by atoms with E-state index >= 15 is 0 Å². The largest absolute Gasteiger partial charge is 0.351 e. The van der Waals surface area contributed by atoms with Crippen molar-refractivity contribution in [1.82, 2.24) is 5.32 Å². The summed E-state index contributed by atoms with van der Waals surface area (Å²) in [7, 11) is 0. The molecule has 0 fully saturated rings. The Morgan fingerprint density at radius 2 is 1.48 bits per heavy atom. The van der Waals surface area contributed by atoms with Crippen molar-refractivity contribution in [3.05, 3.63) is 59.7 Å². The smallest absolute Gasteiger partial charge is 0.254 e. The van der Waals surface area contributed by atoms with E-state index in [-0.39, 0.29) is 30.3 Å². The third-order valence-electron chi connectivity index (χ3n) is 3.59. The maximum Gasteiger partial charge on any atom is 0.254 e. The van der Waals surface area contributed by atoms with Gasteiger partial charge in [0, 0.05) is 36.8 Å². The van der Waals surface area contributed by atoms with E-state index in [9.17, 15) is 23.2 Å². The lowest BCUT2D eigenvalue weighted by atomic mass is 10.2. The van der Waals surface area contributed by atoms with E-state index in [1.807, 2.05) is 0 Å². The normalized spacial score (nSPS) is 10.2. The Bertz CT molecular complexity index is 839. The highest BCUT2D eigenvalue weighted by Crippen LogP contribution is 2.14. The Morgan fingerprint density at radius 1 is 0.889 bits per heavy atom. The van der Waals surface area contributed by atoms with Gasteiger partial charge < -0.3 is 16.0 Å². The molecular formula is C19H19F2N3O3. The molecule has 0 heterocycles.